The van der Waals surface area contributed by atoms with Crippen molar-refractivity contribution >= 4 is 17.5 Å². The third-order valence-electron chi connectivity index (χ3n) is 2.59. The van der Waals surface area contributed by atoms with Gasteiger partial charge in [-0.25, -0.2) is 9.59 Å². The number of rotatable bonds is 2. The summed E-state index contributed by atoms with van der Waals surface area (Å²) < 4.78 is 0. The molecule has 0 aromatic heterocycles. The van der Waals surface area contributed by atoms with Crippen LogP contribution < -0.4 is 5.32 Å². The van der Waals surface area contributed by atoms with Gasteiger partial charge in [-0.2, -0.15) is 5.26 Å². The number of hydrogen-bond donors (Lipinski definition) is 2. The normalized spacial score (nSPS) is 12.8. The predicted octanol–water partition coefficient (Wildman–Crippen LogP) is 0.404. The minimum absolute atomic E-state index is 0. The zero-order valence-corrected chi connectivity index (χ0v) is 10.2. The molecule has 6 heteroatoms. The van der Waals surface area contributed by atoms with Crippen molar-refractivity contribution in [1.29, 1.82) is 5.26 Å². The van der Waals surface area contributed by atoms with Crippen molar-refractivity contribution in [2.45, 2.75) is 0 Å². The van der Waals surface area contributed by atoms with Crippen molar-refractivity contribution in [2.24, 2.45) is 0 Å². The molecular weight excluding hydrogens is 260 g/mol. The Hall–Kier alpha value is -3.13. The molecule has 0 unspecified atom stereocenters. The van der Waals surface area contributed by atoms with Crippen LogP contribution in [0.5, 0.6) is 0 Å². The van der Waals surface area contributed by atoms with Gasteiger partial charge in [0.15, 0.2) is 5.94 Å². The topological polar surface area (TPSA) is 122 Å². The van der Waals surface area contributed by atoms with E-state index < -0.39 is 5.97 Å². The first-order chi connectivity index (χ1) is 9.15. The van der Waals surface area contributed by atoms with Crippen LogP contribution in [0.3, 0.4) is 0 Å². The molecule has 0 fully saturated rings. The van der Waals surface area contributed by atoms with Gasteiger partial charge in [-0.1, -0.05) is 12.1 Å². The molecule has 2 rings (SSSR count). The van der Waals surface area contributed by atoms with Crippen molar-refractivity contribution in [2.75, 3.05) is 0 Å². The van der Waals surface area contributed by atoms with Crippen LogP contribution in [0, 0.1) is 11.3 Å². The number of carbonyl (C=O) groups excluding carboxylic acids is 1. The summed E-state index contributed by atoms with van der Waals surface area (Å²) in [6.45, 7) is 0. The summed E-state index contributed by atoms with van der Waals surface area (Å²) in [5.41, 5.74) is 1.50. The zero-order valence-electron chi connectivity index (χ0n) is 10.2. The Labute approximate surface area is 114 Å². The summed E-state index contributed by atoms with van der Waals surface area (Å²) in [6, 6.07) is 8.50. The van der Waals surface area contributed by atoms with Gasteiger partial charge in [-0.15, -0.1) is 0 Å². The molecule has 100 valence electrons. The van der Waals surface area contributed by atoms with Crippen molar-refractivity contribution in [3.05, 3.63) is 58.9 Å². The van der Waals surface area contributed by atoms with Crippen molar-refractivity contribution in [3.8, 4) is 6.07 Å². The van der Waals surface area contributed by atoms with E-state index in [1.165, 1.54) is 12.3 Å². The number of dihydropyridines is 1. The van der Waals surface area contributed by atoms with Crippen LogP contribution in [0.15, 0.2) is 47.8 Å². The lowest BCUT2D eigenvalue weighted by Crippen LogP contribution is -2.16. The Balaban J connectivity index is 0.00000200. The van der Waals surface area contributed by atoms with Crippen LogP contribution in [0.4, 0.5) is 0 Å². The van der Waals surface area contributed by atoms with E-state index in [9.17, 15) is 9.59 Å². The van der Waals surface area contributed by atoms with Gasteiger partial charge in [0, 0.05) is 11.8 Å². The average Bonchev–Trinajstić information content (AvgIpc) is 2.46. The maximum absolute atomic E-state index is 11.2. The Bertz CT molecular complexity index is 704. The largest absolute Gasteiger partial charge is 0.478 e. The summed E-state index contributed by atoms with van der Waals surface area (Å²) in [5.74, 6) is 0.549. The number of carboxylic acids is 1. The van der Waals surface area contributed by atoms with Crippen LogP contribution in [0.25, 0.3) is 5.57 Å². The lowest BCUT2D eigenvalue weighted by atomic mass is 9.94. The fourth-order valence-corrected chi connectivity index (χ4v) is 1.72. The standard InChI is InChI=1S/C14H8N2O3.H2O/c15-6-9-2-1-3-10(4-9)12-5-11(8-17)16-7-13(12)14(18)19;/h1-5,7,16H,(H,18,19);1H2. The molecule has 1 aromatic rings. The smallest absolute Gasteiger partial charge is 0.337 e. The molecule has 0 radical (unpaired) electrons. The number of nitrogens with zero attached hydrogens (tertiary/aromatic N) is 1. The van der Waals surface area contributed by atoms with Gasteiger partial charge in [0.2, 0.25) is 0 Å². The van der Waals surface area contributed by atoms with Crippen LogP contribution >= 0.6 is 0 Å². The molecule has 1 aromatic carbocycles. The maximum Gasteiger partial charge on any atom is 0.337 e. The molecule has 0 amide bonds. The molecule has 0 saturated heterocycles. The minimum atomic E-state index is -1.12. The molecule has 1 aliphatic heterocycles. The summed E-state index contributed by atoms with van der Waals surface area (Å²) in [4.78, 5) is 21.8. The Morgan fingerprint density at radius 3 is 2.70 bits per heavy atom. The average molecular weight is 270 g/mol. The lowest BCUT2D eigenvalue weighted by Gasteiger charge is -2.14. The van der Waals surface area contributed by atoms with Crippen molar-refractivity contribution < 1.29 is 20.2 Å². The van der Waals surface area contributed by atoms with Crippen LogP contribution in [-0.2, 0) is 9.59 Å². The maximum atomic E-state index is 11.2. The minimum Gasteiger partial charge on any atom is -0.478 e. The predicted molar refractivity (Wildman–Crippen MR) is 70.8 cm³/mol. The molecule has 4 N–H and O–H groups in total. The number of nitriles is 1. The van der Waals surface area contributed by atoms with E-state index in [-0.39, 0.29) is 16.7 Å². The number of hydrogen-bond acceptors (Lipinski definition) is 4. The number of nitrogens with one attached hydrogen (secondary N) is 1. The fourth-order valence-electron chi connectivity index (χ4n) is 1.72. The first-order valence-corrected chi connectivity index (χ1v) is 5.33. The highest BCUT2D eigenvalue weighted by Gasteiger charge is 2.19. The van der Waals surface area contributed by atoms with Gasteiger partial charge < -0.3 is 15.9 Å². The van der Waals surface area contributed by atoms with E-state index in [1.54, 1.807) is 30.2 Å². The summed E-state index contributed by atoms with van der Waals surface area (Å²) in [5, 5.41) is 20.5. The number of benzene rings is 1. The van der Waals surface area contributed by atoms with E-state index in [0.29, 0.717) is 16.7 Å². The van der Waals surface area contributed by atoms with E-state index in [0.717, 1.165) is 0 Å². The van der Waals surface area contributed by atoms with E-state index in [1.807, 2.05) is 6.07 Å². The van der Waals surface area contributed by atoms with E-state index >= 15 is 0 Å². The van der Waals surface area contributed by atoms with Crippen molar-refractivity contribution in [1.82, 2.24) is 5.32 Å². The van der Waals surface area contributed by atoms with Gasteiger partial charge in [-0.05, 0) is 23.8 Å². The summed E-state index contributed by atoms with van der Waals surface area (Å²) in [6.07, 6.45) is 2.63. The zero-order chi connectivity index (χ0) is 13.8. The first kappa shape index (κ1) is 14.9. The summed E-state index contributed by atoms with van der Waals surface area (Å²) in [7, 11) is 0. The lowest BCUT2D eigenvalue weighted by molar-refractivity contribution is -0.132. The van der Waals surface area contributed by atoms with Gasteiger partial charge >= 0.3 is 5.97 Å². The van der Waals surface area contributed by atoms with Crippen molar-refractivity contribution in [3.63, 3.8) is 0 Å². The van der Waals surface area contributed by atoms with Gasteiger partial charge in [0.25, 0.3) is 0 Å². The fraction of sp³-hybridized carbons (Fsp3) is 0. The highest BCUT2D eigenvalue weighted by molar-refractivity contribution is 6.06. The molecule has 0 bridgehead atoms. The Morgan fingerprint density at radius 2 is 2.10 bits per heavy atom. The van der Waals surface area contributed by atoms with Crippen LogP contribution in [0.2, 0.25) is 0 Å². The SMILES string of the molecule is N#Cc1cccc(C2=CC(=C=O)NC=C2C(=O)O)c1.O. The molecule has 20 heavy (non-hydrogen) atoms. The molecule has 0 spiro atoms. The Kier molecular flexibility index (Phi) is 4.60. The summed E-state index contributed by atoms with van der Waals surface area (Å²) >= 11 is 0. The van der Waals surface area contributed by atoms with Crippen LogP contribution in [-0.4, -0.2) is 22.5 Å². The molecule has 1 aliphatic rings. The molecule has 1 heterocycles. The Morgan fingerprint density at radius 1 is 1.35 bits per heavy atom. The first-order valence-electron chi connectivity index (χ1n) is 5.33. The molecule has 0 saturated carbocycles. The number of aliphatic carboxylic acids is 1. The molecular formula is C14H10N2O4. The number of carbonyl (C=O) groups is 1. The monoisotopic (exact) mass is 270 g/mol. The van der Waals surface area contributed by atoms with Gasteiger partial charge in [0.05, 0.1) is 17.2 Å². The highest BCUT2D eigenvalue weighted by atomic mass is 16.4. The third kappa shape index (κ3) is 2.82. The molecule has 6 nitrogen and oxygen atoms in total. The number of allylic oxidation sites excluding steroid dienone is 1. The quantitative estimate of drug-likeness (QED) is 0.753. The van der Waals surface area contributed by atoms with E-state index in [2.05, 4.69) is 5.32 Å². The highest BCUT2D eigenvalue weighted by Crippen LogP contribution is 2.27. The van der Waals surface area contributed by atoms with Crippen LogP contribution in [0.1, 0.15) is 11.1 Å². The second-order valence-corrected chi connectivity index (χ2v) is 3.77. The second-order valence-electron chi connectivity index (χ2n) is 3.77. The van der Waals surface area contributed by atoms with Gasteiger partial charge in [0.1, 0.15) is 5.70 Å². The molecule has 0 aliphatic carbocycles. The third-order valence-corrected chi connectivity index (χ3v) is 2.59. The van der Waals surface area contributed by atoms with E-state index in [4.69, 9.17) is 10.4 Å². The molecule has 0 atom stereocenters. The number of carboxylic acid groups (broad SMARTS) is 1. The second kappa shape index (κ2) is 6.16. The van der Waals surface area contributed by atoms with Gasteiger partial charge in [-0.3, -0.25) is 0 Å².